The molecule has 200 valence electrons. The molecule has 1 aromatic rings. The van der Waals surface area contributed by atoms with Crippen molar-refractivity contribution in [1.82, 2.24) is 9.88 Å². The molecule has 3 heterocycles. The number of likely N-dealkylation sites (tertiary alicyclic amines) is 1. The number of nitrogens with zero attached hydrogens (tertiary/aromatic N) is 3. The Morgan fingerprint density at radius 3 is 2.56 bits per heavy atom. The van der Waals surface area contributed by atoms with Crippen LogP contribution >= 0.6 is 0 Å². The largest absolute Gasteiger partial charge is 0.444 e. The molecule has 1 amide bonds. The van der Waals surface area contributed by atoms with Crippen molar-refractivity contribution in [1.29, 1.82) is 0 Å². The first-order valence-corrected chi connectivity index (χ1v) is 14.2. The quantitative estimate of drug-likeness (QED) is 0.559. The van der Waals surface area contributed by atoms with Crippen LogP contribution in [0.5, 0.6) is 0 Å². The molecule has 1 spiro atoms. The third-order valence-corrected chi connectivity index (χ3v) is 8.33. The number of hydrogen-bond acceptors (Lipinski definition) is 6. The number of carbonyl (C=O) groups excluding carboxylic acids is 1. The van der Waals surface area contributed by atoms with E-state index in [4.69, 9.17) is 23.6 Å². The summed E-state index contributed by atoms with van der Waals surface area (Å²) in [6, 6.07) is 2.10. The third kappa shape index (κ3) is 6.34. The Balaban J connectivity index is 1.56. The first-order valence-electron chi connectivity index (χ1n) is 13.1. The van der Waals surface area contributed by atoms with Gasteiger partial charge in [-0.2, -0.15) is 4.40 Å². The van der Waals surface area contributed by atoms with Gasteiger partial charge in [0, 0.05) is 43.3 Å². The van der Waals surface area contributed by atoms with Crippen molar-refractivity contribution in [2.45, 2.75) is 103 Å². The van der Waals surface area contributed by atoms with Crippen LogP contribution in [0.1, 0.15) is 90.5 Å². The molecule has 2 fully saturated rings. The van der Waals surface area contributed by atoms with Crippen LogP contribution in [0.2, 0.25) is 0 Å². The Morgan fingerprint density at radius 2 is 1.94 bits per heavy atom. The van der Waals surface area contributed by atoms with Gasteiger partial charge in [0.05, 0.1) is 22.8 Å². The SMILES string of the molecule is CC(C)(C)OC(=O)N1CCC2(CC1)Cc1ncc(COC3CCCCO3)cc1/C2=N\[S@](=O)C(C)(C)C. The fourth-order valence-electron chi connectivity index (χ4n) is 4.91. The van der Waals surface area contributed by atoms with E-state index in [1.807, 2.05) is 47.7 Å². The smallest absolute Gasteiger partial charge is 0.410 e. The summed E-state index contributed by atoms with van der Waals surface area (Å²) in [6.45, 7) is 13.7. The Labute approximate surface area is 217 Å². The van der Waals surface area contributed by atoms with Gasteiger partial charge < -0.3 is 19.1 Å². The third-order valence-electron chi connectivity index (χ3n) is 6.93. The van der Waals surface area contributed by atoms with E-state index in [2.05, 4.69) is 6.07 Å². The predicted molar refractivity (Wildman–Crippen MR) is 140 cm³/mol. The molecule has 1 aliphatic carbocycles. The summed E-state index contributed by atoms with van der Waals surface area (Å²) in [6.07, 6.45) is 6.71. The van der Waals surface area contributed by atoms with E-state index in [0.29, 0.717) is 19.7 Å². The maximum absolute atomic E-state index is 13.2. The monoisotopic (exact) mass is 519 g/mol. The van der Waals surface area contributed by atoms with E-state index < -0.39 is 21.3 Å². The predicted octanol–water partition coefficient (Wildman–Crippen LogP) is 4.95. The molecule has 1 aromatic heterocycles. The van der Waals surface area contributed by atoms with E-state index in [9.17, 15) is 9.00 Å². The average Bonchev–Trinajstić information content (AvgIpc) is 3.09. The Kier molecular flexibility index (Phi) is 7.93. The number of piperidine rings is 1. The average molecular weight is 520 g/mol. The van der Waals surface area contributed by atoms with Gasteiger partial charge in [0.15, 0.2) is 6.29 Å². The molecule has 0 bridgehead atoms. The lowest BCUT2D eigenvalue weighted by Crippen LogP contribution is -2.47. The molecule has 2 saturated heterocycles. The first-order chi connectivity index (χ1) is 16.9. The van der Waals surface area contributed by atoms with Crippen molar-refractivity contribution in [3.63, 3.8) is 0 Å². The molecule has 0 N–H and O–H groups in total. The summed E-state index contributed by atoms with van der Waals surface area (Å²) >= 11 is 0. The van der Waals surface area contributed by atoms with Crippen LogP contribution in [0.4, 0.5) is 4.79 Å². The molecule has 9 heteroatoms. The highest BCUT2D eigenvalue weighted by Crippen LogP contribution is 2.45. The maximum atomic E-state index is 13.2. The van der Waals surface area contributed by atoms with Crippen molar-refractivity contribution in [2.24, 2.45) is 9.81 Å². The number of pyridine rings is 1. The Hall–Kier alpha value is -1.84. The number of aromatic nitrogens is 1. The normalized spacial score (nSPS) is 24.1. The second kappa shape index (κ2) is 10.5. The van der Waals surface area contributed by atoms with E-state index >= 15 is 0 Å². The van der Waals surface area contributed by atoms with Crippen LogP contribution in [0.15, 0.2) is 16.7 Å². The van der Waals surface area contributed by atoms with Crippen molar-refractivity contribution in [2.75, 3.05) is 19.7 Å². The standard InChI is InChI=1S/C27H41N3O5S/c1-25(2,3)35-24(31)30-12-10-27(11-13-30)16-21-20(23(27)29-36(32)26(4,5)6)15-19(17-28-21)18-34-22-9-7-8-14-33-22/h15,17,22H,7-14,16,18H2,1-6H3/b29-23+/t22?,36-/m1/s1. The number of hydrogen-bond donors (Lipinski definition) is 0. The summed E-state index contributed by atoms with van der Waals surface area (Å²) in [5, 5.41) is 0. The molecule has 1 unspecified atom stereocenters. The molecule has 8 nitrogen and oxygen atoms in total. The highest BCUT2D eigenvalue weighted by molar-refractivity contribution is 7.85. The van der Waals surface area contributed by atoms with Gasteiger partial charge in [-0.15, -0.1) is 0 Å². The summed E-state index contributed by atoms with van der Waals surface area (Å²) in [5.41, 5.74) is 2.93. The van der Waals surface area contributed by atoms with E-state index in [1.165, 1.54) is 0 Å². The molecule has 36 heavy (non-hydrogen) atoms. The minimum Gasteiger partial charge on any atom is -0.444 e. The van der Waals surface area contributed by atoms with Gasteiger partial charge in [-0.3, -0.25) is 4.98 Å². The van der Waals surface area contributed by atoms with Crippen LogP contribution in [0, 0.1) is 5.41 Å². The highest BCUT2D eigenvalue weighted by atomic mass is 32.2. The number of ether oxygens (including phenoxy) is 3. The molecule has 4 rings (SSSR count). The van der Waals surface area contributed by atoms with Crippen LogP contribution in [-0.4, -0.2) is 62.2 Å². The summed E-state index contributed by atoms with van der Waals surface area (Å²) in [7, 11) is -1.40. The van der Waals surface area contributed by atoms with Crippen LogP contribution in [0.25, 0.3) is 0 Å². The fraction of sp³-hybridized carbons (Fsp3) is 0.741. The second-order valence-electron chi connectivity index (χ2n) is 12.2. The summed E-state index contributed by atoms with van der Waals surface area (Å²) in [4.78, 5) is 19.2. The molecule has 0 saturated carbocycles. The molecule has 2 atom stereocenters. The number of fused-ring (bicyclic) bond motifs is 1. The van der Waals surface area contributed by atoms with Crippen molar-refractivity contribution < 1.29 is 23.2 Å². The zero-order chi connectivity index (χ0) is 26.1. The van der Waals surface area contributed by atoms with Gasteiger partial charge in [-0.05, 0) is 85.3 Å². The van der Waals surface area contributed by atoms with Crippen molar-refractivity contribution >= 4 is 22.8 Å². The fourth-order valence-corrected chi connectivity index (χ4v) is 5.64. The number of amides is 1. The molecular weight excluding hydrogens is 478 g/mol. The van der Waals surface area contributed by atoms with Gasteiger partial charge in [0.25, 0.3) is 0 Å². The van der Waals surface area contributed by atoms with E-state index in [0.717, 1.165) is 67.7 Å². The lowest BCUT2D eigenvalue weighted by atomic mass is 9.75. The van der Waals surface area contributed by atoms with E-state index in [1.54, 1.807) is 4.90 Å². The zero-order valence-electron chi connectivity index (χ0n) is 22.6. The van der Waals surface area contributed by atoms with Crippen LogP contribution in [0.3, 0.4) is 0 Å². The molecule has 3 aliphatic rings. The lowest BCUT2D eigenvalue weighted by molar-refractivity contribution is -0.168. The van der Waals surface area contributed by atoms with Gasteiger partial charge in [-0.1, -0.05) is 0 Å². The van der Waals surface area contributed by atoms with Gasteiger partial charge in [-0.25, -0.2) is 9.00 Å². The number of rotatable bonds is 4. The summed E-state index contributed by atoms with van der Waals surface area (Å²) < 4.78 is 34.8. The van der Waals surface area contributed by atoms with Gasteiger partial charge in [0.1, 0.15) is 16.6 Å². The molecule has 2 aliphatic heterocycles. The molecular formula is C27H41N3O5S. The minimum atomic E-state index is -1.40. The first kappa shape index (κ1) is 27.2. The van der Waals surface area contributed by atoms with Gasteiger partial charge >= 0.3 is 6.09 Å². The molecule has 0 radical (unpaired) electrons. The van der Waals surface area contributed by atoms with Gasteiger partial charge in [0.2, 0.25) is 0 Å². The van der Waals surface area contributed by atoms with Crippen LogP contribution in [-0.2, 0) is 38.2 Å². The lowest BCUT2D eigenvalue weighted by Gasteiger charge is -2.40. The Morgan fingerprint density at radius 1 is 1.22 bits per heavy atom. The van der Waals surface area contributed by atoms with Crippen molar-refractivity contribution in [3.05, 3.63) is 29.1 Å². The zero-order valence-corrected chi connectivity index (χ0v) is 23.4. The highest BCUT2D eigenvalue weighted by Gasteiger charge is 2.48. The van der Waals surface area contributed by atoms with E-state index in [-0.39, 0.29) is 17.8 Å². The minimum absolute atomic E-state index is 0.169. The number of carbonyl (C=O) groups is 1. The topological polar surface area (TPSA) is 90.3 Å². The maximum Gasteiger partial charge on any atom is 0.410 e. The van der Waals surface area contributed by atoms with Crippen molar-refractivity contribution in [3.8, 4) is 0 Å². The second-order valence-corrected chi connectivity index (χ2v) is 14.1. The molecule has 0 aromatic carbocycles. The Bertz CT molecular complexity index is 1010. The summed E-state index contributed by atoms with van der Waals surface area (Å²) in [5.74, 6) is 0. The van der Waals surface area contributed by atoms with Crippen LogP contribution < -0.4 is 0 Å².